The first-order valence-corrected chi connectivity index (χ1v) is 7.80. The maximum atomic E-state index is 5.79. The minimum atomic E-state index is 0.441. The highest BCUT2D eigenvalue weighted by molar-refractivity contribution is 5.36. The van der Waals surface area contributed by atoms with Gasteiger partial charge in [-0.15, -0.1) is 0 Å². The summed E-state index contributed by atoms with van der Waals surface area (Å²) in [6.45, 7) is 5.98. The molecule has 1 aliphatic rings. The Kier molecular flexibility index (Phi) is 5.71. The quantitative estimate of drug-likeness (QED) is 0.789. The van der Waals surface area contributed by atoms with Crippen LogP contribution in [0.2, 0.25) is 0 Å². The van der Waals surface area contributed by atoms with Crippen molar-refractivity contribution in [3.63, 3.8) is 0 Å². The van der Waals surface area contributed by atoms with Crippen molar-refractivity contribution < 1.29 is 4.74 Å². The zero-order chi connectivity index (χ0) is 13.5. The summed E-state index contributed by atoms with van der Waals surface area (Å²) >= 11 is 0. The molecule has 1 aliphatic carbocycles. The average molecular weight is 261 g/mol. The average Bonchev–Trinajstić information content (AvgIpc) is 2.92. The minimum Gasteiger partial charge on any atom is -0.494 e. The molecule has 19 heavy (non-hydrogen) atoms. The van der Waals surface area contributed by atoms with Crippen LogP contribution >= 0.6 is 0 Å². The number of rotatable bonds is 7. The number of benzene rings is 1. The molecular weight excluding hydrogens is 234 g/mol. The molecule has 0 aromatic heterocycles. The van der Waals surface area contributed by atoms with Gasteiger partial charge in [-0.1, -0.05) is 50.8 Å². The first kappa shape index (κ1) is 14.4. The topological polar surface area (TPSA) is 21.3 Å². The Morgan fingerprint density at radius 3 is 2.63 bits per heavy atom. The Bertz CT molecular complexity index is 371. The number of hydrogen-bond acceptors (Lipinski definition) is 2. The van der Waals surface area contributed by atoms with E-state index in [1.807, 2.05) is 0 Å². The van der Waals surface area contributed by atoms with E-state index in [0.717, 1.165) is 24.8 Å². The molecule has 1 atom stereocenters. The molecule has 0 radical (unpaired) electrons. The number of nitrogens with one attached hydrogen (secondary N) is 1. The third-order valence-corrected chi connectivity index (χ3v) is 4.09. The monoisotopic (exact) mass is 261 g/mol. The zero-order valence-corrected chi connectivity index (χ0v) is 12.3. The summed E-state index contributed by atoms with van der Waals surface area (Å²) in [5, 5.41) is 3.64. The Labute approximate surface area is 117 Å². The van der Waals surface area contributed by atoms with Gasteiger partial charge in [0.05, 0.1) is 6.61 Å². The molecule has 1 aromatic rings. The number of ether oxygens (including phenoxy) is 1. The van der Waals surface area contributed by atoms with Crippen molar-refractivity contribution >= 4 is 0 Å². The lowest BCUT2D eigenvalue weighted by Crippen LogP contribution is -2.23. The summed E-state index contributed by atoms with van der Waals surface area (Å²) in [7, 11) is 0. The van der Waals surface area contributed by atoms with Gasteiger partial charge in [0.15, 0.2) is 0 Å². The van der Waals surface area contributed by atoms with Gasteiger partial charge in [0.25, 0.3) is 0 Å². The van der Waals surface area contributed by atoms with Gasteiger partial charge in [-0.05, 0) is 31.9 Å². The zero-order valence-electron chi connectivity index (χ0n) is 12.3. The molecule has 106 valence electrons. The molecule has 1 fully saturated rings. The minimum absolute atomic E-state index is 0.441. The molecule has 0 bridgehead atoms. The van der Waals surface area contributed by atoms with Gasteiger partial charge >= 0.3 is 0 Å². The van der Waals surface area contributed by atoms with Crippen molar-refractivity contribution in [2.45, 2.75) is 52.0 Å². The Balaban J connectivity index is 2.12. The van der Waals surface area contributed by atoms with Gasteiger partial charge in [-0.3, -0.25) is 0 Å². The lowest BCUT2D eigenvalue weighted by atomic mass is 9.93. The van der Waals surface area contributed by atoms with Crippen LogP contribution in [0.25, 0.3) is 0 Å². The molecule has 0 amide bonds. The van der Waals surface area contributed by atoms with E-state index in [2.05, 4.69) is 43.4 Å². The van der Waals surface area contributed by atoms with E-state index in [0.29, 0.717) is 6.04 Å². The molecular formula is C17H27NO. The van der Waals surface area contributed by atoms with Gasteiger partial charge in [0.1, 0.15) is 5.75 Å². The lowest BCUT2D eigenvalue weighted by Gasteiger charge is -2.24. The molecule has 2 rings (SSSR count). The fourth-order valence-electron chi connectivity index (χ4n) is 3.20. The summed E-state index contributed by atoms with van der Waals surface area (Å²) < 4.78 is 5.79. The summed E-state index contributed by atoms with van der Waals surface area (Å²) in [6, 6.07) is 8.94. The fourth-order valence-corrected chi connectivity index (χ4v) is 3.20. The molecule has 2 heteroatoms. The highest BCUT2D eigenvalue weighted by atomic mass is 16.5. The molecule has 0 saturated heterocycles. The normalized spacial score (nSPS) is 17.6. The predicted molar refractivity (Wildman–Crippen MR) is 80.6 cm³/mol. The Hall–Kier alpha value is -1.02. The van der Waals surface area contributed by atoms with Gasteiger partial charge in [0.2, 0.25) is 0 Å². The number of para-hydroxylation sites is 1. The third kappa shape index (κ3) is 3.97. The lowest BCUT2D eigenvalue weighted by molar-refractivity contribution is 0.324. The van der Waals surface area contributed by atoms with Crippen molar-refractivity contribution in [3.8, 4) is 5.75 Å². The van der Waals surface area contributed by atoms with E-state index in [9.17, 15) is 0 Å². The standard InChI is InChI=1S/C17H27NO/c1-3-18-16(13-14-9-5-6-10-14)15-11-7-8-12-17(15)19-4-2/h7-8,11-12,14,16,18H,3-6,9-10,13H2,1-2H3. The van der Waals surface area contributed by atoms with Crippen LogP contribution in [0, 0.1) is 5.92 Å². The van der Waals surface area contributed by atoms with Gasteiger partial charge in [0, 0.05) is 11.6 Å². The van der Waals surface area contributed by atoms with Crippen molar-refractivity contribution in [1.29, 1.82) is 0 Å². The van der Waals surface area contributed by atoms with Crippen LogP contribution < -0.4 is 10.1 Å². The summed E-state index contributed by atoms with van der Waals surface area (Å²) in [5.74, 6) is 1.94. The van der Waals surface area contributed by atoms with E-state index in [4.69, 9.17) is 4.74 Å². The van der Waals surface area contributed by atoms with Crippen LogP contribution in [0.5, 0.6) is 5.75 Å². The smallest absolute Gasteiger partial charge is 0.124 e. The molecule has 0 heterocycles. The maximum absolute atomic E-state index is 5.79. The Morgan fingerprint density at radius 2 is 1.95 bits per heavy atom. The van der Waals surface area contributed by atoms with Gasteiger partial charge < -0.3 is 10.1 Å². The highest BCUT2D eigenvalue weighted by Crippen LogP contribution is 2.35. The predicted octanol–water partition coefficient (Wildman–Crippen LogP) is 4.32. The SMILES string of the molecule is CCNC(CC1CCCC1)c1ccccc1OCC. The first-order chi connectivity index (χ1) is 9.35. The van der Waals surface area contributed by atoms with Crippen LogP contribution in [-0.4, -0.2) is 13.2 Å². The van der Waals surface area contributed by atoms with Crippen LogP contribution in [-0.2, 0) is 0 Å². The molecule has 1 unspecified atom stereocenters. The molecule has 1 aromatic carbocycles. The van der Waals surface area contributed by atoms with Crippen molar-refractivity contribution in [1.82, 2.24) is 5.32 Å². The van der Waals surface area contributed by atoms with E-state index in [-0.39, 0.29) is 0 Å². The van der Waals surface area contributed by atoms with Crippen LogP contribution in [0.3, 0.4) is 0 Å². The summed E-state index contributed by atoms with van der Waals surface area (Å²) in [4.78, 5) is 0. The van der Waals surface area contributed by atoms with Crippen molar-refractivity contribution in [2.24, 2.45) is 5.92 Å². The van der Waals surface area contributed by atoms with Crippen LogP contribution in [0.15, 0.2) is 24.3 Å². The van der Waals surface area contributed by atoms with E-state index in [1.165, 1.54) is 37.7 Å². The molecule has 1 saturated carbocycles. The van der Waals surface area contributed by atoms with E-state index in [1.54, 1.807) is 0 Å². The fraction of sp³-hybridized carbons (Fsp3) is 0.647. The van der Waals surface area contributed by atoms with E-state index >= 15 is 0 Å². The highest BCUT2D eigenvalue weighted by Gasteiger charge is 2.22. The second-order valence-corrected chi connectivity index (χ2v) is 5.47. The summed E-state index contributed by atoms with van der Waals surface area (Å²) in [6.07, 6.45) is 6.88. The van der Waals surface area contributed by atoms with Crippen molar-refractivity contribution in [2.75, 3.05) is 13.2 Å². The first-order valence-electron chi connectivity index (χ1n) is 7.80. The molecule has 2 nitrogen and oxygen atoms in total. The molecule has 0 spiro atoms. The second kappa shape index (κ2) is 7.54. The van der Waals surface area contributed by atoms with Gasteiger partial charge in [-0.2, -0.15) is 0 Å². The van der Waals surface area contributed by atoms with Crippen LogP contribution in [0.1, 0.15) is 57.6 Å². The van der Waals surface area contributed by atoms with Gasteiger partial charge in [-0.25, -0.2) is 0 Å². The van der Waals surface area contributed by atoms with Crippen molar-refractivity contribution in [3.05, 3.63) is 29.8 Å². The Morgan fingerprint density at radius 1 is 1.21 bits per heavy atom. The van der Waals surface area contributed by atoms with Crippen LogP contribution in [0.4, 0.5) is 0 Å². The summed E-state index contributed by atoms with van der Waals surface area (Å²) in [5.41, 5.74) is 1.33. The number of hydrogen-bond donors (Lipinski definition) is 1. The molecule has 0 aliphatic heterocycles. The maximum Gasteiger partial charge on any atom is 0.124 e. The largest absolute Gasteiger partial charge is 0.494 e. The van der Waals surface area contributed by atoms with E-state index < -0.39 is 0 Å². The third-order valence-electron chi connectivity index (χ3n) is 4.09. The second-order valence-electron chi connectivity index (χ2n) is 5.47. The molecule has 1 N–H and O–H groups in total.